The van der Waals surface area contributed by atoms with Crippen molar-refractivity contribution >= 4 is 28.4 Å². The summed E-state index contributed by atoms with van der Waals surface area (Å²) in [5, 5.41) is 4.35. The maximum absolute atomic E-state index is 5.62. The minimum atomic E-state index is 0.327. The number of H-pyrrole nitrogens is 1. The molecular weight excluding hydrogens is 468 g/mol. The van der Waals surface area contributed by atoms with Gasteiger partial charge in [0.25, 0.3) is 0 Å². The molecule has 1 saturated carbocycles. The normalized spacial score (nSPS) is 23.9. The largest absolute Gasteiger partial charge is 0.493 e. The number of ether oxygens (including phenoxy) is 1. The molecule has 2 aliphatic heterocycles. The van der Waals surface area contributed by atoms with Gasteiger partial charge in [-0.25, -0.2) is 9.50 Å². The molecule has 3 fully saturated rings. The molecule has 1 N–H and O–H groups in total. The maximum atomic E-state index is 5.62. The van der Waals surface area contributed by atoms with Crippen LogP contribution in [0, 0.1) is 5.41 Å². The van der Waals surface area contributed by atoms with Crippen molar-refractivity contribution in [1.29, 1.82) is 0 Å². The Bertz CT molecular complexity index is 1420. The second-order valence-corrected chi connectivity index (χ2v) is 12.4. The molecular formula is C28H34N6OS. The van der Waals surface area contributed by atoms with Gasteiger partial charge in [-0.05, 0) is 49.8 Å². The van der Waals surface area contributed by atoms with E-state index in [-0.39, 0.29) is 0 Å². The van der Waals surface area contributed by atoms with Crippen LogP contribution in [-0.4, -0.2) is 67.2 Å². The zero-order valence-electron chi connectivity index (χ0n) is 21.3. The highest BCUT2D eigenvalue weighted by molar-refractivity contribution is 8.00. The van der Waals surface area contributed by atoms with Crippen LogP contribution in [0.25, 0.3) is 27.9 Å². The van der Waals surface area contributed by atoms with E-state index in [1.54, 1.807) is 18.0 Å². The lowest BCUT2D eigenvalue weighted by molar-refractivity contribution is -0.0200. The second kappa shape index (κ2) is 8.48. The fourth-order valence-corrected chi connectivity index (χ4v) is 7.83. The zero-order valence-corrected chi connectivity index (χ0v) is 22.1. The van der Waals surface area contributed by atoms with Crippen LogP contribution in [0.5, 0.6) is 5.75 Å². The highest BCUT2D eigenvalue weighted by Crippen LogP contribution is 2.48. The summed E-state index contributed by atoms with van der Waals surface area (Å²) >= 11 is 2.12. The topological polar surface area (TPSA) is 71.3 Å². The smallest absolute Gasteiger partial charge is 0.197 e. The third kappa shape index (κ3) is 3.56. The Morgan fingerprint density at radius 3 is 2.64 bits per heavy atom. The number of hydrogen-bond donors (Lipinski definition) is 1. The Hall–Kier alpha value is -2.58. The van der Waals surface area contributed by atoms with Crippen LogP contribution in [0.2, 0.25) is 0 Å². The average Bonchev–Trinajstić information content (AvgIpc) is 3.46. The molecule has 1 spiro atoms. The number of aromatic amines is 1. The second-order valence-electron chi connectivity index (χ2n) is 11.4. The van der Waals surface area contributed by atoms with Crippen LogP contribution in [0.15, 0.2) is 30.7 Å². The van der Waals surface area contributed by atoms with Crippen LogP contribution in [0.4, 0.5) is 0 Å². The monoisotopic (exact) mass is 502 g/mol. The molecule has 8 heteroatoms. The van der Waals surface area contributed by atoms with E-state index in [9.17, 15) is 0 Å². The standard InChI is InChI=1S/C28H34N6OS/c1-17(2)24-25(19-10-23(35-3)27-29-16-30-34(27)11-19)32-22-9-8-21(31-26(22)24)18-4-6-20(7-5-18)33-12-28(13-33)14-36-15-28/h8-11,16-18,20,32H,4-7,12-15H2,1-3H3. The summed E-state index contributed by atoms with van der Waals surface area (Å²) in [6.07, 6.45) is 8.68. The summed E-state index contributed by atoms with van der Waals surface area (Å²) < 4.78 is 7.40. The van der Waals surface area contributed by atoms with Gasteiger partial charge in [0, 0.05) is 65.0 Å². The number of nitrogens with one attached hydrogen (secondary N) is 1. The van der Waals surface area contributed by atoms with Crippen molar-refractivity contribution in [2.45, 2.75) is 57.4 Å². The molecule has 0 aromatic carbocycles. The van der Waals surface area contributed by atoms with Gasteiger partial charge in [0.15, 0.2) is 11.4 Å². The van der Waals surface area contributed by atoms with E-state index in [2.05, 4.69) is 57.7 Å². The van der Waals surface area contributed by atoms with Crippen molar-refractivity contribution in [3.63, 3.8) is 0 Å². The molecule has 3 aliphatic rings. The first-order valence-electron chi connectivity index (χ1n) is 13.3. The Labute approximate surface area is 216 Å². The van der Waals surface area contributed by atoms with Crippen molar-refractivity contribution in [3.8, 4) is 17.0 Å². The summed E-state index contributed by atoms with van der Waals surface area (Å²) in [5.74, 6) is 4.38. The molecule has 7 rings (SSSR count). The molecule has 4 aromatic rings. The lowest BCUT2D eigenvalue weighted by atomic mass is 9.77. The molecule has 0 bridgehead atoms. The number of hydrogen-bond acceptors (Lipinski definition) is 6. The molecule has 0 amide bonds. The Kier molecular flexibility index (Phi) is 5.33. The highest BCUT2D eigenvalue weighted by atomic mass is 32.2. The first-order chi connectivity index (χ1) is 17.5. The van der Waals surface area contributed by atoms with Gasteiger partial charge in [0.05, 0.1) is 23.8 Å². The number of fused-ring (bicyclic) bond motifs is 2. The molecule has 0 unspecified atom stereocenters. The predicted molar refractivity (Wildman–Crippen MR) is 145 cm³/mol. The van der Waals surface area contributed by atoms with Crippen LogP contribution in [0.1, 0.15) is 62.6 Å². The molecule has 188 valence electrons. The van der Waals surface area contributed by atoms with Gasteiger partial charge < -0.3 is 9.72 Å². The number of thioether (sulfide) groups is 1. The average molecular weight is 503 g/mol. The third-order valence-electron chi connectivity index (χ3n) is 8.65. The van der Waals surface area contributed by atoms with E-state index in [1.165, 1.54) is 61.5 Å². The van der Waals surface area contributed by atoms with Crippen LogP contribution in [-0.2, 0) is 0 Å². The Morgan fingerprint density at radius 1 is 1.14 bits per heavy atom. The third-order valence-corrected chi connectivity index (χ3v) is 10.3. The molecule has 1 aliphatic carbocycles. The Morgan fingerprint density at radius 2 is 1.94 bits per heavy atom. The Balaban J connectivity index is 1.17. The van der Waals surface area contributed by atoms with Crippen molar-refractivity contribution in [3.05, 3.63) is 42.0 Å². The van der Waals surface area contributed by atoms with Gasteiger partial charge in [0.1, 0.15) is 6.33 Å². The van der Waals surface area contributed by atoms with Crippen LogP contribution < -0.4 is 4.74 Å². The van der Waals surface area contributed by atoms with Gasteiger partial charge in [-0.1, -0.05) is 13.8 Å². The molecule has 0 radical (unpaired) electrons. The minimum absolute atomic E-state index is 0.327. The molecule has 2 saturated heterocycles. The van der Waals surface area contributed by atoms with Gasteiger partial charge in [-0.3, -0.25) is 9.88 Å². The summed E-state index contributed by atoms with van der Waals surface area (Å²) in [6, 6.07) is 7.32. The van der Waals surface area contributed by atoms with Gasteiger partial charge in [-0.2, -0.15) is 16.9 Å². The van der Waals surface area contributed by atoms with Crippen molar-refractivity contribution in [1.82, 2.24) is 29.5 Å². The van der Waals surface area contributed by atoms with E-state index in [1.807, 2.05) is 12.3 Å². The van der Waals surface area contributed by atoms with E-state index >= 15 is 0 Å². The van der Waals surface area contributed by atoms with Crippen LogP contribution in [0.3, 0.4) is 0 Å². The fourth-order valence-electron chi connectivity index (χ4n) is 6.68. The molecule has 6 heterocycles. The number of likely N-dealkylation sites (tertiary alicyclic amines) is 1. The highest BCUT2D eigenvalue weighted by Gasteiger charge is 2.50. The van der Waals surface area contributed by atoms with Crippen molar-refractivity contribution in [2.24, 2.45) is 5.41 Å². The van der Waals surface area contributed by atoms with E-state index in [0.29, 0.717) is 23.0 Å². The number of methoxy groups -OCH3 is 1. The minimum Gasteiger partial charge on any atom is -0.493 e. The quantitative estimate of drug-likeness (QED) is 0.390. The molecule has 36 heavy (non-hydrogen) atoms. The number of nitrogens with zero attached hydrogens (tertiary/aromatic N) is 5. The first kappa shape index (κ1) is 22.6. The number of aromatic nitrogens is 5. The summed E-state index contributed by atoms with van der Waals surface area (Å²) in [6.45, 7) is 7.18. The zero-order chi connectivity index (χ0) is 24.4. The number of pyridine rings is 2. The van der Waals surface area contributed by atoms with Gasteiger partial charge in [0.2, 0.25) is 0 Å². The molecule has 0 atom stereocenters. The fraction of sp³-hybridized carbons (Fsp3) is 0.536. The maximum Gasteiger partial charge on any atom is 0.197 e. The number of rotatable bonds is 5. The van der Waals surface area contributed by atoms with Gasteiger partial charge >= 0.3 is 0 Å². The lowest BCUT2D eigenvalue weighted by Crippen LogP contribution is -2.65. The lowest BCUT2D eigenvalue weighted by Gasteiger charge is -2.58. The van der Waals surface area contributed by atoms with E-state index < -0.39 is 0 Å². The molecule has 4 aromatic heterocycles. The predicted octanol–water partition coefficient (Wildman–Crippen LogP) is 5.48. The van der Waals surface area contributed by atoms with E-state index in [4.69, 9.17) is 9.72 Å². The summed E-state index contributed by atoms with van der Waals surface area (Å²) in [4.78, 5) is 16.1. The van der Waals surface area contributed by atoms with E-state index in [0.717, 1.165) is 34.0 Å². The van der Waals surface area contributed by atoms with Gasteiger partial charge in [-0.15, -0.1) is 0 Å². The van der Waals surface area contributed by atoms with Crippen LogP contribution >= 0.6 is 11.8 Å². The van der Waals surface area contributed by atoms with Crippen molar-refractivity contribution < 1.29 is 4.74 Å². The first-order valence-corrected chi connectivity index (χ1v) is 14.4. The summed E-state index contributed by atoms with van der Waals surface area (Å²) in [5.41, 5.74) is 8.24. The van der Waals surface area contributed by atoms with Crippen molar-refractivity contribution in [2.75, 3.05) is 31.7 Å². The SMILES string of the molecule is COc1cc(-c2[nH]c3ccc(C4CCC(N5CC6(CSC6)C5)CC4)nc3c2C(C)C)cn2ncnc12. The molecule has 7 nitrogen and oxygen atoms in total. The summed E-state index contributed by atoms with van der Waals surface area (Å²) in [7, 11) is 1.68.